The van der Waals surface area contributed by atoms with Crippen molar-refractivity contribution in [2.24, 2.45) is 0 Å². The van der Waals surface area contributed by atoms with E-state index in [-0.39, 0.29) is 10.6 Å². The molecule has 0 aliphatic carbocycles. The predicted molar refractivity (Wildman–Crippen MR) is 77.9 cm³/mol. The Morgan fingerprint density at radius 3 is 2.55 bits per heavy atom. The fraction of sp³-hybridized carbons (Fsp3) is 0.500. The summed E-state index contributed by atoms with van der Waals surface area (Å²) in [4.78, 5) is 12.2. The van der Waals surface area contributed by atoms with E-state index in [9.17, 15) is 18.5 Å². The molecule has 1 aromatic rings. The van der Waals surface area contributed by atoms with Gasteiger partial charge in [0.15, 0.2) is 9.84 Å². The first-order valence-electron chi connectivity index (χ1n) is 6.17. The Balaban J connectivity index is 3.05. The van der Waals surface area contributed by atoms with Crippen LogP contribution in [0.1, 0.15) is 6.92 Å². The van der Waals surface area contributed by atoms with Gasteiger partial charge in [0.2, 0.25) is 0 Å². The van der Waals surface area contributed by atoms with E-state index in [1.54, 1.807) is 0 Å². The minimum Gasteiger partial charge on any atom is -0.378 e. The van der Waals surface area contributed by atoms with Gasteiger partial charge in [0.25, 0.3) is 0 Å². The van der Waals surface area contributed by atoms with Crippen LogP contribution in [0.5, 0.6) is 0 Å². The third-order valence-electron chi connectivity index (χ3n) is 2.93. The third kappa shape index (κ3) is 4.17. The Kier molecular flexibility index (Phi) is 5.46. The zero-order valence-electron chi connectivity index (χ0n) is 11.8. The molecule has 0 spiro atoms. The second-order valence-electron chi connectivity index (χ2n) is 4.50. The van der Waals surface area contributed by atoms with Crippen molar-refractivity contribution >= 4 is 21.2 Å². The molecule has 0 aromatic heterocycles. The van der Waals surface area contributed by atoms with Crippen molar-refractivity contribution in [2.75, 3.05) is 38.3 Å². The van der Waals surface area contributed by atoms with Gasteiger partial charge in [0.05, 0.1) is 4.92 Å². The molecule has 8 heteroatoms. The molecule has 0 atom stereocenters. The van der Waals surface area contributed by atoms with E-state index in [0.29, 0.717) is 13.1 Å². The highest BCUT2D eigenvalue weighted by Gasteiger charge is 2.25. The fourth-order valence-electron chi connectivity index (χ4n) is 1.69. The third-order valence-corrected chi connectivity index (χ3v) is 4.06. The SMILES string of the molecule is CCN(C)CCNc1cccc(S(C)(=O)=O)c1[N+](=O)[O-]. The minimum atomic E-state index is -3.64. The van der Waals surface area contributed by atoms with Crippen LogP contribution >= 0.6 is 0 Å². The van der Waals surface area contributed by atoms with E-state index in [1.807, 2.05) is 18.9 Å². The lowest BCUT2D eigenvalue weighted by atomic mass is 10.2. The molecule has 7 nitrogen and oxygen atoms in total. The number of rotatable bonds is 7. The van der Waals surface area contributed by atoms with Crippen molar-refractivity contribution in [1.29, 1.82) is 0 Å². The van der Waals surface area contributed by atoms with E-state index in [4.69, 9.17) is 0 Å². The van der Waals surface area contributed by atoms with Gasteiger partial charge in [0, 0.05) is 19.3 Å². The van der Waals surface area contributed by atoms with Crippen molar-refractivity contribution in [3.63, 3.8) is 0 Å². The average molecular weight is 301 g/mol. The zero-order valence-corrected chi connectivity index (χ0v) is 12.6. The van der Waals surface area contributed by atoms with E-state index in [1.165, 1.54) is 18.2 Å². The summed E-state index contributed by atoms with van der Waals surface area (Å²) in [6, 6.07) is 4.25. The molecule has 1 N–H and O–H groups in total. The van der Waals surface area contributed by atoms with Crippen LogP contribution in [0.4, 0.5) is 11.4 Å². The molecule has 0 bridgehead atoms. The molecule has 0 radical (unpaired) electrons. The molecule has 1 rings (SSSR count). The van der Waals surface area contributed by atoms with Crippen LogP contribution in [0.15, 0.2) is 23.1 Å². The Bertz CT molecular complexity index is 586. The number of nitro groups is 1. The Morgan fingerprint density at radius 2 is 2.05 bits per heavy atom. The highest BCUT2D eigenvalue weighted by molar-refractivity contribution is 7.90. The lowest BCUT2D eigenvalue weighted by molar-refractivity contribution is -0.386. The topological polar surface area (TPSA) is 92.6 Å². The maximum Gasteiger partial charge on any atom is 0.310 e. The van der Waals surface area contributed by atoms with Gasteiger partial charge >= 0.3 is 5.69 Å². The first-order chi connectivity index (χ1) is 9.27. The predicted octanol–water partition coefficient (Wildman–Crippen LogP) is 1.36. The van der Waals surface area contributed by atoms with Gasteiger partial charge in [-0.25, -0.2) is 8.42 Å². The summed E-state index contributed by atoms with van der Waals surface area (Å²) in [6.45, 7) is 4.08. The van der Waals surface area contributed by atoms with Crippen LogP contribution < -0.4 is 5.32 Å². The number of likely N-dealkylation sites (N-methyl/N-ethyl adjacent to an activating group) is 1. The maximum atomic E-state index is 11.6. The van der Waals surface area contributed by atoms with Crippen molar-refractivity contribution < 1.29 is 13.3 Å². The van der Waals surface area contributed by atoms with Crippen molar-refractivity contribution in [1.82, 2.24) is 4.90 Å². The molecule has 0 saturated carbocycles. The summed E-state index contributed by atoms with van der Waals surface area (Å²) < 4.78 is 23.2. The quantitative estimate of drug-likeness (QED) is 0.604. The average Bonchev–Trinajstić information content (AvgIpc) is 2.36. The molecule has 0 heterocycles. The monoisotopic (exact) mass is 301 g/mol. The number of hydrogen-bond acceptors (Lipinski definition) is 6. The fourth-order valence-corrected chi connectivity index (χ4v) is 2.55. The standard InChI is InChI=1S/C12H19N3O4S/c1-4-14(2)9-8-13-10-6-5-7-11(20(3,18)19)12(10)15(16)17/h5-7,13H,4,8-9H2,1-3H3. The Hall–Kier alpha value is -1.67. The number of nitrogens with one attached hydrogen (secondary N) is 1. The van der Waals surface area contributed by atoms with Crippen LogP contribution in [0.25, 0.3) is 0 Å². The van der Waals surface area contributed by atoms with Gasteiger partial charge in [-0.15, -0.1) is 0 Å². The summed E-state index contributed by atoms with van der Waals surface area (Å²) in [5.74, 6) is 0. The molecule has 0 fully saturated rings. The van der Waals surface area contributed by atoms with Crippen molar-refractivity contribution in [3.8, 4) is 0 Å². The van der Waals surface area contributed by atoms with Crippen LogP contribution in [-0.2, 0) is 9.84 Å². The highest BCUT2D eigenvalue weighted by Crippen LogP contribution is 2.31. The Labute approximate surface area is 118 Å². The van der Waals surface area contributed by atoms with Crippen LogP contribution in [0, 0.1) is 10.1 Å². The number of anilines is 1. The molecular weight excluding hydrogens is 282 g/mol. The molecule has 20 heavy (non-hydrogen) atoms. The number of benzene rings is 1. The number of sulfone groups is 1. The van der Waals surface area contributed by atoms with Gasteiger partial charge in [-0.1, -0.05) is 13.0 Å². The lowest BCUT2D eigenvalue weighted by Gasteiger charge is -2.15. The van der Waals surface area contributed by atoms with Crippen molar-refractivity contribution in [3.05, 3.63) is 28.3 Å². The normalized spacial score (nSPS) is 11.6. The summed E-state index contributed by atoms with van der Waals surface area (Å²) in [6.07, 6.45) is 0.962. The zero-order chi connectivity index (χ0) is 15.3. The van der Waals surface area contributed by atoms with Gasteiger partial charge in [-0.05, 0) is 25.7 Å². The largest absolute Gasteiger partial charge is 0.378 e. The molecule has 112 valence electrons. The van der Waals surface area contributed by atoms with Gasteiger partial charge in [-0.2, -0.15) is 0 Å². The molecule has 0 aliphatic rings. The Morgan fingerprint density at radius 1 is 1.40 bits per heavy atom. The van der Waals surface area contributed by atoms with E-state index in [2.05, 4.69) is 5.32 Å². The number of nitrogens with zero attached hydrogens (tertiary/aromatic N) is 2. The highest BCUT2D eigenvalue weighted by atomic mass is 32.2. The summed E-state index contributed by atoms with van der Waals surface area (Å²) in [5.41, 5.74) is -0.170. The van der Waals surface area contributed by atoms with Gasteiger partial charge in [-0.3, -0.25) is 10.1 Å². The van der Waals surface area contributed by atoms with Gasteiger partial charge < -0.3 is 10.2 Å². The maximum absolute atomic E-state index is 11.6. The lowest BCUT2D eigenvalue weighted by Crippen LogP contribution is -2.25. The molecule has 1 aromatic carbocycles. The second kappa shape index (κ2) is 6.67. The van der Waals surface area contributed by atoms with Gasteiger partial charge in [0.1, 0.15) is 10.6 Å². The summed E-state index contributed by atoms with van der Waals surface area (Å²) in [5, 5.41) is 14.1. The number of nitro benzene ring substituents is 1. The minimum absolute atomic E-state index is 0.224. The van der Waals surface area contributed by atoms with E-state index in [0.717, 1.165) is 12.8 Å². The van der Waals surface area contributed by atoms with E-state index >= 15 is 0 Å². The molecule has 0 amide bonds. The molecule has 0 saturated heterocycles. The second-order valence-corrected chi connectivity index (χ2v) is 6.49. The smallest absolute Gasteiger partial charge is 0.310 e. The number of hydrogen-bond donors (Lipinski definition) is 1. The number of para-hydroxylation sites is 1. The summed E-state index contributed by atoms with van der Waals surface area (Å²) in [7, 11) is -1.71. The van der Waals surface area contributed by atoms with Crippen LogP contribution in [0.2, 0.25) is 0 Å². The molecular formula is C12H19N3O4S. The molecule has 0 unspecified atom stereocenters. The first kappa shape index (κ1) is 16.4. The summed E-state index contributed by atoms with van der Waals surface area (Å²) >= 11 is 0. The van der Waals surface area contributed by atoms with Crippen LogP contribution in [-0.4, -0.2) is 51.2 Å². The van der Waals surface area contributed by atoms with Crippen LogP contribution in [0.3, 0.4) is 0 Å². The van der Waals surface area contributed by atoms with Crippen molar-refractivity contribution in [2.45, 2.75) is 11.8 Å². The molecule has 0 aliphatic heterocycles. The first-order valence-corrected chi connectivity index (χ1v) is 8.06. The van der Waals surface area contributed by atoms with E-state index < -0.39 is 20.4 Å².